The first-order chi connectivity index (χ1) is 8.78. The molecule has 1 heterocycles. The van der Waals surface area contributed by atoms with Crippen LogP contribution in [-0.4, -0.2) is 54.0 Å². The Hall–Kier alpha value is -1.30. The Morgan fingerprint density at radius 2 is 2.05 bits per heavy atom. The number of carboxylic acids is 1. The van der Waals surface area contributed by atoms with Crippen molar-refractivity contribution in [1.82, 2.24) is 4.90 Å². The number of hydrogen-bond acceptors (Lipinski definition) is 4. The third-order valence-electron chi connectivity index (χ3n) is 2.75. The van der Waals surface area contributed by atoms with Gasteiger partial charge in [-0.15, -0.1) is 0 Å². The topological polar surface area (TPSA) is 76.1 Å². The second kappa shape index (κ2) is 6.75. The van der Waals surface area contributed by atoms with Gasteiger partial charge in [0.15, 0.2) is 0 Å². The van der Waals surface area contributed by atoms with Crippen molar-refractivity contribution in [2.45, 2.75) is 39.2 Å². The zero-order chi connectivity index (χ0) is 14.5. The summed E-state index contributed by atoms with van der Waals surface area (Å²) in [5, 5.41) is 8.48. The quantitative estimate of drug-likeness (QED) is 0.772. The SMILES string of the molecule is CC(C)(C)OC(=O)N1CCC(COCCC(=O)O)C1. The van der Waals surface area contributed by atoms with Crippen LogP contribution in [0.1, 0.15) is 33.6 Å². The number of rotatable bonds is 5. The molecule has 1 N–H and O–H groups in total. The van der Waals surface area contributed by atoms with Gasteiger partial charge in [-0.2, -0.15) is 0 Å². The number of carboxylic acid groups (broad SMARTS) is 1. The van der Waals surface area contributed by atoms with Crippen LogP contribution in [0.2, 0.25) is 0 Å². The van der Waals surface area contributed by atoms with Gasteiger partial charge in [0.1, 0.15) is 5.60 Å². The zero-order valence-electron chi connectivity index (χ0n) is 11.8. The molecule has 0 aromatic carbocycles. The minimum atomic E-state index is -0.859. The van der Waals surface area contributed by atoms with Crippen LogP contribution in [0.5, 0.6) is 0 Å². The number of likely N-dealkylation sites (tertiary alicyclic amines) is 1. The van der Waals surface area contributed by atoms with Crippen molar-refractivity contribution in [1.29, 1.82) is 0 Å². The highest BCUT2D eigenvalue weighted by Gasteiger charge is 2.29. The maximum absolute atomic E-state index is 11.8. The van der Waals surface area contributed by atoms with Gasteiger partial charge in [-0.05, 0) is 27.2 Å². The summed E-state index contributed by atoms with van der Waals surface area (Å²) >= 11 is 0. The molecule has 1 atom stereocenters. The Labute approximate surface area is 113 Å². The molecule has 19 heavy (non-hydrogen) atoms. The smallest absolute Gasteiger partial charge is 0.410 e. The van der Waals surface area contributed by atoms with Gasteiger partial charge >= 0.3 is 12.1 Å². The van der Waals surface area contributed by atoms with Crippen LogP contribution in [0.3, 0.4) is 0 Å². The molecule has 1 aliphatic rings. The van der Waals surface area contributed by atoms with Crippen LogP contribution < -0.4 is 0 Å². The summed E-state index contributed by atoms with van der Waals surface area (Å²) in [7, 11) is 0. The third-order valence-corrected chi connectivity index (χ3v) is 2.75. The fourth-order valence-corrected chi connectivity index (χ4v) is 1.87. The molecule has 0 radical (unpaired) electrons. The number of carbonyl (C=O) groups is 2. The Morgan fingerprint density at radius 3 is 2.63 bits per heavy atom. The largest absolute Gasteiger partial charge is 0.481 e. The molecule has 1 amide bonds. The van der Waals surface area contributed by atoms with Crippen molar-refractivity contribution in [3.8, 4) is 0 Å². The molecule has 1 saturated heterocycles. The van der Waals surface area contributed by atoms with E-state index in [4.69, 9.17) is 14.6 Å². The normalized spacial score (nSPS) is 19.5. The first kappa shape index (κ1) is 15.8. The number of aliphatic carboxylic acids is 1. The Bertz CT molecular complexity index is 323. The van der Waals surface area contributed by atoms with Gasteiger partial charge < -0.3 is 19.5 Å². The summed E-state index contributed by atoms with van der Waals surface area (Å²) in [4.78, 5) is 23.8. The summed E-state index contributed by atoms with van der Waals surface area (Å²) in [6.07, 6.45) is 0.593. The lowest BCUT2D eigenvalue weighted by atomic mass is 10.1. The predicted octanol–water partition coefficient (Wildman–Crippen LogP) is 1.73. The Balaban J connectivity index is 2.22. The van der Waals surface area contributed by atoms with Crippen molar-refractivity contribution in [2.24, 2.45) is 5.92 Å². The van der Waals surface area contributed by atoms with Crippen LogP contribution in [0.25, 0.3) is 0 Å². The van der Waals surface area contributed by atoms with Crippen LogP contribution in [0, 0.1) is 5.92 Å². The van der Waals surface area contributed by atoms with Gasteiger partial charge in [-0.3, -0.25) is 4.79 Å². The van der Waals surface area contributed by atoms with Crippen LogP contribution in [0.15, 0.2) is 0 Å². The molecule has 0 aromatic heterocycles. The van der Waals surface area contributed by atoms with E-state index < -0.39 is 11.6 Å². The van der Waals surface area contributed by atoms with Gasteiger partial charge in [0.25, 0.3) is 0 Å². The van der Waals surface area contributed by atoms with E-state index in [9.17, 15) is 9.59 Å². The molecule has 1 fully saturated rings. The lowest BCUT2D eigenvalue weighted by Gasteiger charge is -2.24. The van der Waals surface area contributed by atoms with E-state index >= 15 is 0 Å². The van der Waals surface area contributed by atoms with E-state index in [-0.39, 0.29) is 25.0 Å². The van der Waals surface area contributed by atoms with Gasteiger partial charge in [0.05, 0.1) is 19.6 Å². The second-order valence-electron chi connectivity index (χ2n) is 5.80. The van der Waals surface area contributed by atoms with Gasteiger partial charge in [0, 0.05) is 19.0 Å². The summed E-state index contributed by atoms with van der Waals surface area (Å²) in [6, 6.07) is 0. The van der Waals surface area contributed by atoms with E-state index in [1.165, 1.54) is 0 Å². The number of carbonyl (C=O) groups excluding carboxylic acids is 1. The lowest BCUT2D eigenvalue weighted by molar-refractivity contribution is -0.138. The van der Waals surface area contributed by atoms with Crippen LogP contribution >= 0.6 is 0 Å². The molecule has 0 aromatic rings. The van der Waals surface area contributed by atoms with E-state index in [1.807, 2.05) is 20.8 Å². The molecule has 0 aliphatic carbocycles. The fraction of sp³-hybridized carbons (Fsp3) is 0.846. The average Bonchev–Trinajstić information content (AvgIpc) is 2.70. The third kappa shape index (κ3) is 6.42. The molecule has 0 saturated carbocycles. The molecule has 1 rings (SSSR count). The molecular weight excluding hydrogens is 250 g/mol. The minimum Gasteiger partial charge on any atom is -0.481 e. The van der Waals surface area contributed by atoms with Gasteiger partial charge in [0.2, 0.25) is 0 Å². The van der Waals surface area contributed by atoms with E-state index in [2.05, 4.69) is 0 Å². The maximum atomic E-state index is 11.8. The summed E-state index contributed by atoms with van der Waals surface area (Å²) in [5.41, 5.74) is -0.479. The summed E-state index contributed by atoms with van der Waals surface area (Å²) < 4.78 is 10.6. The molecule has 6 heteroatoms. The minimum absolute atomic E-state index is 0.0164. The van der Waals surface area contributed by atoms with Crippen molar-refractivity contribution >= 4 is 12.1 Å². The highest BCUT2D eigenvalue weighted by Crippen LogP contribution is 2.19. The van der Waals surface area contributed by atoms with E-state index in [0.717, 1.165) is 6.42 Å². The highest BCUT2D eigenvalue weighted by atomic mass is 16.6. The molecule has 1 aliphatic heterocycles. The Morgan fingerprint density at radius 1 is 1.37 bits per heavy atom. The maximum Gasteiger partial charge on any atom is 0.410 e. The average molecular weight is 273 g/mol. The van der Waals surface area contributed by atoms with Gasteiger partial charge in [-0.25, -0.2) is 4.79 Å². The standard InChI is InChI=1S/C13H23NO5/c1-13(2,3)19-12(17)14-6-4-10(8-14)9-18-7-5-11(15)16/h10H,4-9H2,1-3H3,(H,15,16). The van der Waals surface area contributed by atoms with Crippen LogP contribution in [0.4, 0.5) is 4.79 Å². The predicted molar refractivity (Wildman–Crippen MR) is 69.0 cm³/mol. The van der Waals surface area contributed by atoms with E-state index in [0.29, 0.717) is 19.7 Å². The van der Waals surface area contributed by atoms with Crippen molar-refractivity contribution < 1.29 is 24.2 Å². The monoisotopic (exact) mass is 273 g/mol. The van der Waals surface area contributed by atoms with Crippen molar-refractivity contribution in [2.75, 3.05) is 26.3 Å². The molecule has 0 bridgehead atoms. The van der Waals surface area contributed by atoms with E-state index in [1.54, 1.807) is 4.90 Å². The molecule has 1 unspecified atom stereocenters. The number of nitrogens with zero attached hydrogens (tertiary/aromatic N) is 1. The summed E-state index contributed by atoms with van der Waals surface area (Å²) in [5.74, 6) is -0.594. The molecule has 110 valence electrons. The zero-order valence-corrected chi connectivity index (χ0v) is 11.8. The van der Waals surface area contributed by atoms with Crippen LogP contribution in [-0.2, 0) is 14.3 Å². The molecule has 6 nitrogen and oxygen atoms in total. The first-order valence-electron chi connectivity index (χ1n) is 6.55. The Kier molecular flexibility index (Phi) is 5.60. The fourth-order valence-electron chi connectivity index (χ4n) is 1.87. The van der Waals surface area contributed by atoms with Gasteiger partial charge in [-0.1, -0.05) is 0 Å². The number of ether oxygens (including phenoxy) is 2. The second-order valence-corrected chi connectivity index (χ2v) is 5.80. The highest BCUT2D eigenvalue weighted by molar-refractivity contribution is 5.68. The first-order valence-corrected chi connectivity index (χ1v) is 6.55. The molecular formula is C13H23NO5. The molecule has 0 spiro atoms. The lowest BCUT2D eigenvalue weighted by Crippen LogP contribution is -2.35. The van der Waals surface area contributed by atoms with Crippen molar-refractivity contribution in [3.63, 3.8) is 0 Å². The number of amides is 1. The number of hydrogen-bond donors (Lipinski definition) is 1. The summed E-state index contributed by atoms with van der Waals surface area (Å²) in [6.45, 7) is 7.52. The van der Waals surface area contributed by atoms with Crippen molar-refractivity contribution in [3.05, 3.63) is 0 Å².